The van der Waals surface area contributed by atoms with Gasteiger partial charge in [-0.3, -0.25) is 0 Å². The van der Waals surface area contributed by atoms with Gasteiger partial charge >= 0.3 is 0 Å². The molecule has 0 amide bonds. The average Bonchev–Trinajstić information content (AvgIpc) is 2.55. The second-order valence-corrected chi connectivity index (χ2v) is 6.90. The van der Waals surface area contributed by atoms with Crippen molar-refractivity contribution in [2.45, 2.75) is 19.3 Å². The second-order valence-electron chi connectivity index (χ2n) is 5.25. The summed E-state index contributed by atoms with van der Waals surface area (Å²) in [6, 6.07) is 19.5. The number of hydrogen-bond donors (Lipinski definition) is 1. The van der Waals surface area contributed by atoms with Crippen molar-refractivity contribution in [2.75, 3.05) is 6.54 Å². The van der Waals surface area contributed by atoms with Gasteiger partial charge in [-0.1, -0.05) is 67.6 Å². The molecular formula is C18H21NO2S. The predicted octanol–water partition coefficient (Wildman–Crippen LogP) is 3.77. The summed E-state index contributed by atoms with van der Waals surface area (Å²) in [4.78, 5) is 0. The largest absolute Gasteiger partial charge is 0.233 e. The summed E-state index contributed by atoms with van der Waals surface area (Å²) >= 11 is 0. The highest BCUT2D eigenvalue weighted by molar-refractivity contribution is 7.92. The number of benzene rings is 2. The first-order valence-corrected chi connectivity index (χ1v) is 8.89. The molecule has 0 aliphatic rings. The molecule has 0 fully saturated rings. The third-order valence-corrected chi connectivity index (χ3v) is 4.59. The summed E-state index contributed by atoms with van der Waals surface area (Å²) in [5.41, 5.74) is 2.09. The van der Waals surface area contributed by atoms with Crippen LogP contribution in [-0.4, -0.2) is 15.0 Å². The molecule has 0 spiro atoms. The van der Waals surface area contributed by atoms with E-state index in [2.05, 4.69) is 23.8 Å². The molecule has 2 aromatic rings. The third kappa shape index (κ3) is 5.47. The molecule has 3 nitrogen and oxygen atoms in total. The SMILES string of the molecule is CC(CCNS(=O)(=O)/C=C/c1ccccc1)c1ccccc1. The fourth-order valence-electron chi connectivity index (χ4n) is 2.15. The highest BCUT2D eigenvalue weighted by atomic mass is 32.2. The molecule has 22 heavy (non-hydrogen) atoms. The van der Waals surface area contributed by atoms with Crippen molar-refractivity contribution in [3.63, 3.8) is 0 Å². The normalized spacial score (nSPS) is 13.3. The smallest absolute Gasteiger partial charge is 0.212 e. The van der Waals surface area contributed by atoms with Crippen LogP contribution in [0.5, 0.6) is 0 Å². The maximum absolute atomic E-state index is 11.9. The zero-order valence-corrected chi connectivity index (χ0v) is 13.5. The lowest BCUT2D eigenvalue weighted by Crippen LogP contribution is -2.23. The lowest BCUT2D eigenvalue weighted by molar-refractivity contribution is 0.581. The van der Waals surface area contributed by atoms with Crippen LogP contribution in [0, 0.1) is 0 Å². The topological polar surface area (TPSA) is 46.2 Å². The minimum Gasteiger partial charge on any atom is -0.212 e. The van der Waals surface area contributed by atoms with Gasteiger partial charge < -0.3 is 0 Å². The van der Waals surface area contributed by atoms with E-state index >= 15 is 0 Å². The molecule has 116 valence electrons. The fourth-order valence-corrected chi connectivity index (χ4v) is 2.98. The molecule has 0 aliphatic carbocycles. The molecule has 0 aromatic heterocycles. The van der Waals surface area contributed by atoms with Gasteiger partial charge in [-0.05, 0) is 29.5 Å². The fraction of sp³-hybridized carbons (Fsp3) is 0.222. The van der Waals surface area contributed by atoms with Crippen LogP contribution in [0.4, 0.5) is 0 Å². The Hall–Kier alpha value is -1.91. The molecule has 0 radical (unpaired) electrons. The van der Waals surface area contributed by atoms with E-state index in [1.165, 1.54) is 11.0 Å². The zero-order chi connectivity index (χ0) is 15.8. The van der Waals surface area contributed by atoms with E-state index in [9.17, 15) is 8.42 Å². The third-order valence-electron chi connectivity index (χ3n) is 3.49. The molecule has 2 aromatic carbocycles. The molecule has 1 N–H and O–H groups in total. The van der Waals surface area contributed by atoms with Crippen LogP contribution >= 0.6 is 0 Å². The van der Waals surface area contributed by atoms with E-state index in [1.807, 2.05) is 48.5 Å². The number of sulfonamides is 1. The molecular weight excluding hydrogens is 294 g/mol. The maximum atomic E-state index is 11.9. The Morgan fingerprint density at radius 3 is 2.23 bits per heavy atom. The van der Waals surface area contributed by atoms with Crippen LogP contribution < -0.4 is 4.72 Å². The van der Waals surface area contributed by atoms with Crippen LogP contribution in [0.25, 0.3) is 6.08 Å². The summed E-state index contributed by atoms with van der Waals surface area (Å²) in [6.07, 6.45) is 2.37. The van der Waals surface area contributed by atoms with E-state index in [4.69, 9.17) is 0 Å². The molecule has 0 saturated heterocycles. The molecule has 2 rings (SSSR count). The van der Waals surface area contributed by atoms with Crippen molar-refractivity contribution < 1.29 is 8.42 Å². The molecule has 4 heteroatoms. The summed E-state index contributed by atoms with van der Waals surface area (Å²) in [6.45, 7) is 2.53. The van der Waals surface area contributed by atoms with Crippen LogP contribution in [-0.2, 0) is 10.0 Å². The van der Waals surface area contributed by atoms with E-state index in [0.29, 0.717) is 12.5 Å². The van der Waals surface area contributed by atoms with Gasteiger partial charge in [0.05, 0.1) is 0 Å². The van der Waals surface area contributed by atoms with Gasteiger partial charge in [0.1, 0.15) is 0 Å². The Labute approximate surface area is 132 Å². The van der Waals surface area contributed by atoms with E-state index in [-0.39, 0.29) is 0 Å². The van der Waals surface area contributed by atoms with Crippen LogP contribution in [0.3, 0.4) is 0 Å². The van der Waals surface area contributed by atoms with Gasteiger partial charge in [-0.15, -0.1) is 0 Å². The first-order valence-electron chi connectivity index (χ1n) is 7.34. The van der Waals surface area contributed by atoms with E-state index in [1.54, 1.807) is 6.08 Å². The highest BCUT2D eigenvalue weighted by Crippen LogP contribution is 2.17. The highest BCUT2D eigenvalue weighted by Gasteiger charge is 2.08. The monoisotopic (exact) mass is 315 g/mol. The summed E-state index contributed by atoms with van der Waals surface area (Å²) in [5.74, 6) is 0.321. The van der Waals surface area contributed by atoms with Crippen molar-refractivity contribution >= 4 is 16.1 Å². The zero-order valence-electron chi connectivity index (χ0n) is 12.6. The first kappa shape index (κ1) is 16.5. The number of nitrogens with one attached hydrogen (secondary N) is 1. The van der Waals surface area contributed by atoms with Crippen molar-refractivity contribution in [3.8, 4) is 0 Å². The molecule has 1 atom stereocenters. The van der Waals surface area contributed by atoms with E-state index < -0.39 is 10.0 Å². The van der Waals surface area contributed by atoms with Gasteiger partial charge in [0.15, 0.2) is 0 Å². The Balaban J connectivity index is 1.84. The number of hydrogen-bond acceptors (Lipinski definition) is 2. The summed E-state index contributed by atoms with van der Waals surface area (Å²) in [7, 11) is -3.39. The van der Waals surface area contributed by atoms with Gasteiger partial charge in [-0.25, -0.2) is 13.1 Å². The van der Waals surface area contributed by atoms with Crippen LogP contribution in [0.2, 0.25) is 0 Å². The van der Waals surface area contributed by atoms with Gasteiger partial charge in [0.2, 0.25) is 10.0 Å². The molecule has 0 bridgehead atoms. The lowest BCUT2D eigenvalue weighted by Gasteiger charge is -2.11. The quantitative estimate of drug-likeness (QED) is 0.845. The minimum absolute atomic E-state index is 0.321. The van der Waals surface area contributed by atoms with Gasteiger partial charge in [0.25, 0.3) is 0 Å². The second kappa shape index (κ2) is 7.92. The Morgan fingerprint density at radius 1 is 1.00 bits per heavy atom. The Morgan fingerprint density at radius 2 is 1.59 bits per heavy atom. The molecule has 0 aliphatic heterocycles. The van der Waals surface area contributed by atoms with Crippen LogP contribution in [0.15, 0.2) is 66.1 Å². The minimum atomic E-state index is -3.39. The van der Waals surface area contributed by atoms with Crippen molar-refractivity contribution in [1.82, 2.24) is 4.72 Å². The lowest BCUT2D eigenvalue weighted by atomic mass is 9.98. The van der Waals surface area contributed by atoms with E-state index in [0.717, 1.165) is 12.0 Å². The van der Waals surface area contributed by atoms with Crippen molar-refractivity contribution in [3.05, 3.63) is 77.2 Å². The molecule has 0 saturated carbocycles. The Kier molecular flexibility index (Phi) is 5.92. The number of rotatable bonds is 7. The summed E-state index contributed by atoms with van der Waals surface area (Å²) in [5, 5.41) is 1.22. The average molecular weight is 315 g/mol. The van der Waals surface area contributed by atoms with Gasteiger partial charge in [0, 0.05) is 12.0 Å². The summed E-state index contributed by atoms with van der Waals surface area (Å²) < 4.78 is 26.5. The first-order chi connectivity index (χ1) is 10.6. The standard InChI is InChI=1S/C18H21NO2S/c1-16(18-10-6-3-7-11-18)12-14-19-22(20,21)15-13-17-8-4-2-5-9-17/h2-11,13,15-16,19H,12,14H2,1H3/b15-13+. The molecule has 0 heterocycles. The van der Waals surface area contributed by atoms with Crippen molar-refractivity contribution in [2.24, 2.45) is 0 Å². The molecule has 1 unspecified atom stereocenters. The Bertz CT molecular complexity index is 694. The van der Waals surface area contributed by atoms with Crippen molar-refractivity contribution in [1.29, 1.82) is 0 Å². The van der Waals surface area contributed by atoms with Gasteiger partial charge in [-0.2, -0.15) is 0 Å². The predicted molar refractivity (Wildman–Crippen MR) is 91.9 cm³/mol. The van der Waals surface area contributed by atoms with Crippen LogP contribution in [0.1, 0.15) is 30.4 Å². The maximum Gasteiger partial charge on any atom is 0.233 e.